The van der Waals surface area contributed by atoms with E-state index in [0.717, 1.165) is 28.9 Å². The highest BCUT2D eigenvalue weighted by molar-refractivity contribution is 9.10. The largest absolute Gasteiger partial charge is 0.482 e. The van der Waals surface area contributed by atoms with Crippen LogP contribution in [0, 0.1) is 5.92 Å². The normalized spacial score (nSPS) is 10.8. The molecule has 0 radical (unpaired) electrons. The zero-order chi connectivity index (χ0) is 15.8. The quantitative estimate of drug-likeness (QED) is 0.778. The number of likely N-dealkylation sites (N-methyl/N-ethyl adjacent to an activating group) is 1. The van der Waals surface area contributed by atoms with E-state index in [1.807, 2.05) is 25.1 Å². The van der Waals surface area contributed by atoms with Crippen molar-refractivity contribution in [3.8, 4) is 5.75 Å². The second kappa shape index (κ2) is 9.05. The molecule has 1 amide bonds. The first-order chi connectivity index (χ1) is 9.95. The molecule has 0 atom stereocenters. The fourth-order valence-corrected chi connectivity index (χ4v) is 2.29. The predicted octanol–water partition coefficient (Wildman–Crippen LogP) is 3.05. The smallest absolute Gasteiger partial charge is 0.260 e. The maximum Gasteiger partial charge on any atom is 0.260 e. The van der Waals surface area contributed by atoms with Crippen molar-refractivity contribution in [1.82, 2.24) is 10.2 Å². The lowest BCUT2D eigenvalue weighted by atomic mass is 10.2. The van der Waals surface area contributed by atoms with E-state index < -0.39 is 0 Å². The maximum atomic E-state index is 11.8. The van der Waals surface area contributed by atoms with Crippen molar-refractivity contribution in [2.24, 2.45) is 5.92 Å². The van der Waals surface area contributed by atoms with E-state index in [4.69, 9.17) is 4.74 Å². The van der Waals surface area contributed by atoms with E-state index in [1.165, 1.54) is 0 Å². The summed E-state index contributed by atoms with van der Waals surface area (Å²) in [6.07, 6.45) is 0. The predicted molar refractivity (Wildman–Crippen MR) is 89.5 cm³/mol. The number of rotatable bonds is 8. The van der Waals surface area contributed by atoms with Crippen LogP contribution >= 0.6 is 15.9 Å². The molecular weight excluding hydrogens is 332 g/mol. The standard InChI is InChI=1S/C16H25BrN2O2/c1-5-19(4)15(20)11-21-16-13(7-6-8-14(16)17)10-18-9-12(2)3/h6-8,12,18H,5,9-11H2,1-4H3. The Morgan fingerprint density at radius 1 is 1.43 bits per heavy atom. The van der Waals surface area contributed by atoms with Crippen LogP contribution in [0.5, 0.6) is 5.75 Å². The molecule has 21 heavy (non-hydrogen) atoms. The van der Waals surface area contributed by atoms with Crippen LogP contribution in [0.2, 0.25) is 0 Å². The molecule has 118 valence electrons. The second-order valence-electron chi connectivity index (χ2n) is 5.45. The zero-order valence-corrected chi connectivity index (χ0v) is 14.9. The Morgan fingerprint density at radius 3 is 2.76 bits per heavy atom. The monoisotopic (exact) mass is 356 g/mol. The van der Waals surface area contributed by atoms with Crippen LogP contribution in [-0.4, -0.2) is 37.6 Å². The van der Waals surface area contributed by atoms with Gasteiger partial charge in [-0.3, -0.25) is 4.79 Å². The van der Waals surface area contributed by atoms with E-state index in [2.05, 4.69) is 35.1 Å². The number of nitrogens with one attached hydrogen (secondary N) is 1. The molecule has 0 fully saturated rings. The van der Waals surface area contributed by atoms with Crippen molar-refractivity contribution >= 4 is 21.8 Å². The number of ether oxygens (including phenoxy) is 1. The average molecular weight is 357 g/mol. The summed E-state index contributed by atoms with van der Waals surface area (Å²) < 4.78 is 6.61. The molecule has 0 unspecified atom stereocenters. The van der Waals surface area contributed by atoms with Crippen molar-refractivity contribution < 1.29 is 9.53 Å². The van der Waals surface area contributed by atoms with E-state index in [9.17, 15) is 4.79 Å². The van der Waals surface area contributed by atoms with E-state index in [1.54, 1.807) is 11.9 Å². The molecule has 1 N–H and O–H groups in total. The molecular formula is C16H25BrN2O2. The zero-order valence-electron chi connectivity index (χ0n) is 13.3. The highest BCUT2D eigenvalue weighted by atomic mass is 79.9. The van der Waals surface area contributed by atoms with Crippen LogP contribution in [0.1, 0.15) is 26.3 Å². The number of benzene rings is 1. The molecule has 1 aromatic rings. The fourth-order valence-electron chi connectivity index (χ4n) is 1.77. The van der Waals surface area contributed by atoms with Crippen molar-refractivity contribution in [2.45, 2.75) is 27.3 Å². The molecule has 0 saturated carbocycles. The highest BCUT2D eigenvalue weighted by Crippen LogP contribution is 2.29. The minimum absolute atomic E-state index is 0.0191. The van der Waals surface area contributed by atoms with Gasteiger partial charge in [0.15, 0.2) is 6.61 Å². The average Bonchev–Trinajstić information content (AvgIpc) is 2.45. The van der Waals surface area contributed by atoms with E-state index in [-0.39, 0.29) is 12.5 Å². The summed E-state index contributed by atoms with van der Waals surface area (Å²) in [7, 11) is 1.77. The summed E-state index contributed by atoms with van der Waals surface area (Å²) in [5.41, 5.74) is 1.05. The Labute approximate surface area is 136 Å². The summed E-state index contributed by atoms with van der Waals surface area (Å²) in [6, 6.07) is 5.92. The van der Waals surface area contributed by atoms with Gasteiger partial charge in [0.1, 0.15) is 5.75 Å². The van der Waals surface area contributed by atoms with Crippen LogP contribution in [0.25, 0.3) is 0 Å². The first-order valence-electron chi connectivity index (χ1n) is 7.30. The maximum absolute atomic E-state index is 11.8. The SMILES string of the molecule is CCN(C)C(=O)COc1c(Br)cccc1CNCC(C)C. The molecule has 1 rings (SSSR count). The van der Waals surface area contributed by atoms with Crippen LogP contribution in [0.4, 0.5) is 0 Å². The number of carbonyl (C=O) groups excluding carboxylic acids is 1. The Balaban J connectivity index is 2.69. The first-order valence-corrected chi connectivity index (χ1v) is 8.09. The lowest BCUT2D eigenvalue weighted by molar-refractivity contribution is -0.131. The molecule has 0 bridgehead atoms. The highest BCUT2D eigenvalue weighted by Gasteiger charge is 2.12. The number of hydrogen-bond donors (Lipinski definition) is 1. The van der Waals surface area contributed by atoms with Gasteiger partial charge in [0.05, 0.1) is 4.47 Å². The summed E-state index contributed by atoms with van der Waals surface area (Å²) in [6.45, 7) is 8.70. The minimum Gasteiger partial charge on any atom is -0.482 e. The summed E-state index contributed by atoms with van der Waals surface area (Å²) in [4.78, 5) is 13.5. The van der Waals surface area contributed by atoms with Crippen LogP contribution < -0.4 is 10.1 Å². The number of amides is 1. The van der Waals surface area contributed by atoms with Gasteiger partial charge in [-0.15, -0.1) is 0 Å². The fraction of sp³-hybridized carbons (Fsp3) is 0.562. The summed E-state index contributed by atoms with van der Waals surface area (Å²) in [5.74, 6) is 1.32. The minimum atomic E-state index is -0.0191. The third-order valence-corrected chi connectivity index (χ3v) is 3.78. The molecule has 4 nitrogen and oxygen atoms in total. The number of halogens is 1. The first kappa shape index (κ1) is 18.0. The van der Waals surface area contributed by atoms with E-state index in [0.29, 0.717) is 12.5 Å². The van der Waals surface area contributed by atoms with Gasteiger partial charge in [0.2, 0.25) is 0 Å². The van der Waals surface area contributed by atoms with Crippen LogP contribution in [0.3, 0.4) is 0 Å². The van der Waals surface area contributed by atoms with Gasteiger partial charge in [0.25, 0.3) is 5.91 Å². The van der Waals surface area contributed by atoms with Crippen LogP contribution in [0.15, 0.2) is 22.7 Å². The van der Waals surface area contributed by atoms with Crippen molar-refractivity contribution in [3.63, 3.8) is 0 Å². The van der Waals surface area contributed by atoms with Crippen LogP contribution in [-0.2, 0) is 11.3 Å². The van der Waals surface area contributed by atoms with Gasteiger partial charge in [-0.25, -0.2) is 0 Å². The number of para-hydroxylation sites is 1. The Morgan fingerprint density at radius 2 is 2.14 bits per heavy atom. The molecule has 1 aromatic carbocycles. The number of carbonyl (C=O) groups is 1. The molecule has 0 heterocycles. The summed E-state index contributed by atoms with van der Waals surface area (Å²) >= 11 is 3.49. The molecule has 0 aromatic heterocycles. The molecule has 5 heteroatoms. The number of nitrogens with zero attached hydrogens (tertiary/aromatic N) is 1. The lowest BCUT2D eigenvalue weighted by Crippen LogP contribution is -2.31. The van der Waals surface area contributed by atoms with Gasteiger partial charge in [-0.2, -0.15) is 0 Å². The van der Waals surface area contributed by atoms with Crippen molar-refractivity contribution in [3.05, 3.63) is 28.2 Å². The van der Waals surface area contributed by atoms with Gasteiger partial charge in [0, 0.05) is 25.7 Å². The Hall–Kier alpha value is -1.07. The van der Waals surface area contributed by atoms with Crippen molar-refractivity contribution in [2.75, 3.05) is 26.7 Å². The third kappa shape index (κ3) is 6.06. The van der Waals surface area contributed by atoms with Gasteiger partial charge >= 0.3 is 0 Å². The topological polar surface area (TPSA) is 41.6 Å². The second-order valence-corrected chi connectivity index (χ2v) is 6.30. The van der Waals surface area contributed by atoms with Gasteiger partial charge < -0.3 is 15.0 Å². The Kier molecular flexibility index (Phi) is 7.75. The Bertz CT molecular complexity index is 464. The molecule has 0 saturated heterocycles. The third-order valence-electron chi connectivity index (χ3n) is 3.16. The summed E-state index contributed by atoms with van der Waals surface area (Å²) in [5, 5.41) is 3.39. The molecule has 0 aliphatic heterocycles. The molecule has 0 aliphatic carbocycles. The van der Waals surface area contributed by atoms with E-state index >= 15 is 0 Å². The van der Waals surface area contributed by atoms with Gasteiger partial charge in [-0.1, -0.05) is 26.0 Å². The number of hydrogen-bond acceptors (Lipinski definition) is 3. The van der Waals surface area contributed by atoms with Gasteiger partial charge in [-0.05, 0) is 41.4 Å². The lowest BCUT2D eigenvalue weighted by Gasteiger charge is -2.17. The molecule has 0 aliphatic rings. The van der Waals surface area contributed by atoms with Crippen molar-refractivity contribution in [1.29, 1.82) is 0 Å². The molecule has 0 spiro atoms.